The van der Waals surface area contributed by atoms with Crippen LogP contribution in [0.15, 0.2) is 0 Å². The molecule has 0 saturated carbocycles. The summed E-state index contributed by atoms with van der Waals surface area (Å²) >= 11 is 0. The maximum absolute atomic E-state index is 5.63. The first-order valence-electron chi connectivity index (χ1n) is 5.39. The summed E-state index contributed by atoms with van der Waals surface area (Å²) in [6, 6.07) is 0. The van der Waals surface area contributed by atoms with Crippen molar-refractivity contribution in [3.05, 3.63) is 0 Å². The Labute approximate surface area is 86.8 Å². The van der Waals surface area contributed by atoms with E-state index >= 15 is 0 Å². The molecule has 0 bridgehead atoms. The number of nitrogens with one attached hydrogen (secondary N) is 1. The van der Waals surface area contributed by atoms with Gasteiger partial charge in [-0.2, -0.15) is 0 Å². The molecule has 84 valence electrons. The second kappa shape index (κ2) is 5.66. The highest BCUT2D eigenvalue weighted by atomic mass is 16.5. The molecule has 0 aromatic rings. The van der Waals surface area contributed by atoms with Crippen LogP contribution >= 0.6 is 0 Å². The highest BCUT2D eigenvalue weighted by Crippen LogP contribution is 1.99. The molecule has 0 aliphatic carbocycles. The molecule has 1 rings (SSSR count). The van der Waals surface area contributed by atoms with Crippen LogP contribution in [-0.2, 0) is 4.74 Å². The van der Waals surface area contributed by atoms with Gasteiger partial charge in [-0.05, 0) is 13.8 Å². The molecule has 14 heavy (non-hydrogen) atoms. The Bertz CT molecular complexity index is 155. The molecule has 4 heteroatoms. The second-order valence-corrected chi connectivity index (χ2v) is 4.47. The van der Waals surface area contributed by atoms with Gasteiger partial charge in [0.05, 0.1) is 13.2 Å². The molecule has 1 heterocycles. The molecule has 0 aromatic heterocycles. The fourth-order valence-corrected chi connectivity index (χ4v) is 1.45. The van der Waals surface area contributed by atoms with Gasteiger partial charge in [0.15, 0.2) is 0 Å². The number of ether oxygens (including phenoxy) is 1. The third-order valence-electron chi connectivity index (χ3n) is 2.65. The standard InChI is InChI=1S/C10H23N3O/c1-10(2,9-11)12-3-4-13-5-7-14-8-6-13/h12H,3-9,11H2,1-2H3. The first kappa shape index (κ1) is 11.9. The number of hydrogen-bond donors (Lipinski definition) is 2. The fourth-order valence-electron chi connectivity index (χ4n) is 1.45. The molecule has 3 N–H and O–H groups in total. The van der Waals surface area contributed by atoms with E-state index in [4.69, 9.17) is 10.5 Å². The van der Waals surface area contributed by atoms with E-state index in [9.17, 15) is 0 Å². The molecule has 1 aliphatic heterocycles. The SMILES string of the molecule is CC(C)(CN)NCCN1CCOCC1. The van der Waals surface area contributed by atoms with Gasteiger partial charge in [0.1, 0.15) is 0 Å². The van der Waals surface area contributed by atoms with Crippen molar-refractivity contribution in [1.82, 2.24) is 10.2 Å². The Hall–Kier alpha value is -0.160. The molecule has 4 nitrogen and oxygen atoms in total. The van der Waals surface area contributed by atoms with Crippen molar-refractivity contribution in [2.24, 2.45) is 5.73 Å². The summed E-state index contributed by atoms with van der Waals surface area (Å²) in [6.45, 7) is 10.9. The van der Waals surface area contributed by atoms with Gasteiger partial charge in [-0.1, -0.05) is 0 Å². The third-order valence-corrected chi connectivity index (χ3v) is 2.65. The number of rotatable bonds is 5. The molecule has 0 aromatic carbocycles. The summed E-state index contributed by atoms with van der Waals surface area (Å²) in [6.07, 6.45) is 0. The number of nitrogens with two attached hydrogens (primary N) is 1. The zero-order valence-electron chi connectivity index (χ0n) is 9.38. The summed E-state index contributed by atoms with van der Waals surface area (Å²) in [5.41, 5.74) is 5.69. The summed E-state index contributed by atoms with van der Waals surface area (Å²) < 4.78 is 5.29. The van der Waals surface area contributed by atoms with Crippen LogP contribution < -0.4 is 11.1 Å². The van der Waals surface area contributed by atoms with Crippen LogP contribution in [0.1, 0.15) is 13.8 Å². The van der Waals surface area contributed by atoms with Crippen molar-refractivity contribution < 1.29 is 4.74 Å². The second-order valence-electron chi connectivity index (χ2n) is 4.47. The van der Waals surface area contributed by atoms with Gasteiger partial charge < -0.3 is 15.8 Å². The van der Waals surface area contributed by atoms with Crippen molar-refractivity contribution in [2.45, 2.75) is 19.4 Å². The van der Waals surface area contributed by atoms with E-state index in [-0.39, 0.29) is 5.54 Å². The summed E-state index contributed by atoms with van der Waals surface area (Å²) in [5, 5.41) is 3.45. The molecule has 0 atom stereocenters. The van der Waals surface area contributed by atoms with Gasteiger partial charge in [0.25, 0.3) is 0 Å². The molecule has 0 radical (unpaired) electrons. The van der Waals surface area contributed by atoms with E-state index in [1.54, 1.807) is 0 Å². The van der Waals surface area contributed by atoms with Crippen molar-refractivity contribution in [3.63, 3.8) is 0 Å². The van der Waals surface area contributed by atoms with E-state index in [0.717, 1.165) is 39.4 Å². The maximum atomic E-state index is 5.63. The Kier molecular flexibility index (Phi) is 4.81. The number of nitrogens with zero attached hydrogens (tertiary/aromatic N) is 1. The average molecular weight is 201 g/mol. The molecular formula is C10H23N3O. The van der Waals surface area contributed by atoms with Gasteiger partial charge in [-0.25, -0.2) is 0 Å². The van der Waals surface area contributed by atoms with Gasteiger partial charge >= 0.3 is 0 Å². The van der Waals surface area contributed by atoms with E-state index in [0.29, 0.717) is 6.54 Å². The predicted molar refractivity (Wildman–Crippen MR) is 58.4 cm³/mol. The molecular weight excluding hydrogens is 178 g/mol. The van der Waals surface area contributed by atoms with Crippen LogP contribution in [0.25, 0.3) is 0 Å². The molecule has 0 unspecified atom stereocenters. The summed E-state index contributed by atoms with van der Waals surface area (Å²) in [4.78, 5) is 2.42. The molecule has 1 saturated heterocycles. The zero-order chi connectivity index (χ0) is 10.4. The lowest BCUT2D eigenvalue weighted by Gasteiger charge is -2.29. The van der Waals surface area contributed by atoms with Crippen molar-refractivity contribution >= 4 is 0 Å². The smallest absolute Gasteiger partial charge is 0.0594 e. The minimum absolute atomic E-state index is 0.0618. The Morgan fingerprint density at radius 1 is 1.36 bits per heavy atom. The Morgan fingerprint density at radius 2 is 2.00 bits per heavy atom. The molecule has 0 amide bonds. The van der Waals surface area contributed by atoms with Gasteiger partial charge in [-0.3, -0.25) is 4.90 Å². The van der Waals surface area contributed by atoms with Crippen LogP contribution in [0, 0.1) is 0 Å². The van der Waals surface area contributed by atoms with Crippen LogP contribution in [0.4, 0.5) is 0 Å². The predicted octanol–water partition coefficient (Wildman–Crippen LogP) is -0.354. The van der Waals surface area contributed by atoms with Crippen molar-refractivity contribution in [2.75, 3.05) is 45.9 Å². The first-order chi connectivity index (χ1) is 6.64. The molecule has 0 spiro atoms. The quantitative estimate of drug-likeness (QED) is 0.638. The lowest BCUT2D eigenvalue weighted by molar-refractivity contribution is 0.0377. The van der Waals surface area contributed by atoms with Crippen molar-refractivity contribution in [3.8, 4) is 0 Å². The van der Waals surface area contributed by atoms with Crippen LogP contribution in [0.5, 0.6) is 0 Å². The molecule has 1 aliphatic rings. The van der Waals surface area contributed by atoms with Gasteiger partial charge in [-0.15, -0.1) is 0 Å². The lowest BCUT2D eigenvalue weighted by atomic mass is 10.1. The van der Waals surface area contributed by atoms with Gasteiger partial charge in [0, 0.05) is 38.3 Å². The van der Waals surface area contributed by atoms with E-state index in [1.807, 2.05) is 0 Å². The zero-order valence-corrected chi connectivity index (χ0v) is 9.38. The highest BCUT2D eigenvalue weighted by Gasteiger charge is 2.15. The largest absolute Gasteiger partial charge is 0.379 e. The van der Waals surface area contributed by atoms with Crippen LogP contribution in [-0.4, -0.2) is 56.4 Å². The topological polar surface area (TPSA) is 50.5 Å². The molecule has 1 fully saturated rings. The van der Waals surface area contributed by atoms with E-state index < -0.39 is 0 Å². The van der Waals surface area contributed by atoms with Crippen LogP contribution in [0.2, 0.25) is 0 Å². The van der Waals surface area contributed by atoms with Gasteiger partial charge in [0.2, 0.25) is 0 Å². The van der Waals surface area contributed by atoms with E-state index in [1.165, 1.54) is 0 Å². The minimum Gasteiger partial charge on any atom is -0.379 e. The number of morpholine rings is 1. The Balaban J connectivity index is 2.08. The lowest BCUT2D eigenvalue weighted by Crippen LogP contribution is -2.49. The number of hydrogen-bond acceptors (Lipinski definition) is 4. The maximum Gasteiger partial charge on any atom is 0.0594 e. The summed E-state index contributed by atoms with van der Waals surface area (Å²) in [5.74, 6) is 0. The fraction of sp³-hybridized carbons (Fsp3) is 1.00. The van der Waals surface area contributed by atoms with Crippen molar-refractivity contribution in [1.29, 1.82) is 0 Å². The van der Waals surface area contributed by atoms with Crippen LogP contribution in [0.3, 0.4) is 0 Å². The average Bonchev–Trinajstić information content (AvgIpc) is 2.19. The first-order valence-corrected chi connectivity index (χ1v) is 5.39. The third kappa shape index (κ3) is 4.37. The summed E-state index contributed by atoms with van der Waals surface area (Å²) in [7, 11) is 0. The monoisotopic (exact) mass is 201 g/mol. The Morgan fingerprint density at radius 3 is 2.57 bits per heavy atom. The van der Waals surface area contributed by atoms with E-state index in [2.05, 4.69) is 24.1 Å². The minimum atomic E-state index is 0.0618. The highest BCUT2D eigenvalue weighted by molar-refractivity contribution is 4.78. The normalized spacial score (nSPS) is 19.9.